The van der Waals surface area contributed by atoms with Crippen LogP contribution in [0.25, 0.3) is 0 Å². The van der Waals surface area contributed by atoms with Gasteiger partial charge in [0.2, 0.25) is 11.8 Å². The van der Waals surface area contributed by atoms with Crippen molar-refractivity contribution in [2.24, 2.45) is 0 Å². The Bertz CT molecular complexity index is 1090. The van der Waals surface area contributed by atoms with Crippen molar-refractivity contribution in [2.45, 2.75) is 6.10 Å². The van der Waals surface area contributed by atoms with E-state index in [4.69, 9.17) is 23.7 Å². The average Bonchev–Trinajstić information content (AvgIpc) is 2.87. The van der Waals surface area contributed by atoms with Gasteiger partial charge in [0.15, 0.2) is 6.10 Å². The zero-order valence-electron chi connectivity index (χ0n) is 19.0. The molecule has 3 aromatic rings. The minimum Gasteiger partial charge on any atom is -0.481 e. The molecule has 1 amide bonds. The molecule has 0 aliphatic carbocycles. The van der Waals surface area contributed by atoms with Gasteiger partial charge in [-0.05, 0) is 17.7 Å². The molecule has 10 nitrogen and oxygen atoms in total. The molecule has 10 heteroatoms. The van der Waals surface area contributed by atoms with Crippen molar-refractivity contribution in [3.8, 4) is 23.5 Å². The molecule has 0 saturated heterocycles. The average molecular weight is 467 g/mol. The van der Waals surface area contributed by atoms with Gasteiger partial charge in [0.05, 0.1) is 32.5 Å². The van der Waals surface area contributed by atoms with Crippen LogP contribution in [0.2, 0.25) is 0 Å². The Balaban J connectivity index is 1.66. The number of carbonyl (C=O) groups is 2. The van der Waals surface area contributed by atoms with Crippen LogP contribution < -0.4 is 19.5 Å². The van der Waals surface area contributed by atoms with E-state index in [1.165, 1.54) is 27.4 Å². The van der Waals surface area contributed by atoms with Gasteiger partial charge in [0.1, 0.15) is 12.3 Å². The van der Waals surface area contributed by atoms with Crippen molar-refractivity contribution >= 4 is 11.9 Å². The second kappa shape index (κ2) is 12.2. The van der Waals surface area contributed by atoms with Gasteiger partial charge in [-0.3, -0.25) is 9.59 Å². The first-order valence-corrected chi connectivity index (χ1v) is 10.3. The summed E-state index contributed by atoms with van der Waals surface area (Å²) in [6.07, 6.45) is -0.591. The van der Waals surface area contributed by atoms with Crippen molar-refractivity contribution in [1.29, 1.82) is 0 Å². The smallest absolute Gasteiger partial charge is 0.328 e. The van der Waals surface area contributed by atoms with Crippen LogP contribution in [-0.4, -0.2) is 56.3 Å². The number of amides is 1. The topological polar surface area (TPSA) is 118 Å². The summed E-state index contributed by atoms with van der Waals surface area (Å²) in [5.74, 6) is -0.500. The molecule has 0 saturated carbocycles. The zero-order valence-corrected chi connectivity index (χ0v) is 19.0. The summed E-state index contributed by atoms with van der Waals surface area (Å²) in [6.45, 7) is -0.159. The lowest BCUT2D eigenvalue weighted by Gasteiger charge is -2.18. The predicted octanol–water partition coefficient (Wildman–Crippen LogP) is 2.95. The number of rotatable bonds is 11. The third-order valence-corrected chi connectivity index (χ3v) is 4.57. The summed E-state index contributed by atoms with van der Waals surface area (Å²) in [5, 5.41) is 2.54. The molecule has 0 radical (unpaired) electrons. The van der Waals surface area contributed by atoms with Crippen LogP contribution in [0.5, 0.6) is 23.5 Å². The van der Waals surface area contributed by atoms with Gasteiger partial charge in [-0.1, -0.05) is 42.5 Å². The summed E-state index contributed by atoms with van der Waals surface area (Å²) >= 11 is 0. The summed E-state index contributed by atoms with van der Waals surface area (Å²) in [7, 11) is 4.41. The number of hydrogen-bond donors (Lipinski definition) is 1. The van der Waals surface area contributed by atoms with Crippen LogP contribution in [0.15, 0.2) is 60.7 Å². The predicted molar refractivity (Wildman–Crippen MR) is 121 cm³/mol. The maximum absolute atomic E-state index is 12.8. The fourth-order valence-electron chi connectivity index (χ4n) is 2.95. The highest BCUT2D eigenvalue weighted by Gasteiger charge is 2.19. The summed E-state index contributed by atoms with van der Waals surface area (Å²) < 4.78 is 26.5. The van der Waals surface area contributed by atoms with E-state index < -0.39 is 18.0 Å². The molecule has 1 heterocycles. The fraction of sp³-hybridized carbons (Fsp3) is 0.250. The van der Waals surface area contributed by atoms with Crippen LogP contribution in [0.4, 0.5) is 0 Å². The lowest BCUT2D eigenvalue weighted by molar-refractivity contribution is -0.150. The minimum absolute atomic E-state index is 0.0684. The second-order valence-electron chi connectivity index (χ2n) is 6.86. The summed E-state index contributed by atoms with van der Waals surface area (Å²) in [6, 6.07) is 17.1. The van der Waals surface area contributed by atoms with Crippen molar-refractivity contribution in [3.63, 3.8) is 0 Å². The second-order valence-corrected chi connectivity index (χ2v) is 6.86. The highest BCUT2D eigenvalue weighted by molar-refractivity contribution is 5.98. The van der Waals surface area contributed by atoms with E-state index in [2.05, 4.69) is 15.3 Å². The van der Waals surface area contributed by atoms with Crippen molar-refractivity contribution < 1.29 is 33.3 Å². The maximum Gasteiger partial charge on any atom is 0.328 e. The molecular weight excluding hydrogens is 442 g/mol. The highest BCUT2D eigenvalue weighted by Crippen LogP contribution is 2.26. The Labute approximate surface area is 196 Å². The molecule has 0 bridgehead atoms. The lowest BCUT2D eigenvalue weighted by atomic mass is 10.1. The quantitative estimate of drug-likeness (QED) is 0.425. The van der Waals surface area contributed by atoms with E-state index >= 15 is 0 Å². The number of nitrogens with one attached hydrogen (secondary N) is 1. The van der Waals surface area contributed by atoms with Crippen molar-refractivity contribution in [3.05, 3.63) is 71.8 Å². The summed E-state index contributed by atoms with van der Waals surface area (Å²) in [5.41, 5.74) is 0.966. The SMILES string of the molecule is COC[C@H](OC(=O)CNC(=O)c1ccccc1Oc1nc(OC)cc(OC)n1)c1ccccc1. The van der Waals surface area contributed by atoms with E-state index in [9.17, 15) is 9.59 Å². The van der Waals surface area contributed by atoms with Gasteiger partial charge in [0, 0.05) is 7.11 Å². The van der Waals surface area contributed by atoms with Crippen LogP contribution in [0.1, 0.15) is 22.0 Å². The molecule has 34 heavy (non-hydrogen) atoms. The van der Waals surface area contributed by atoms with Gasteiger partial charge in [-0.25, -0.2) is 0 Å². The number of para-hydroxylation sites is 1. The van der Waals surface area contributed by atoms with E-state index in [1.807, 2.05) is 30.3 Å². The molecule has 178 valence electrons. The lowest BCUT2D eigenvalue weighted by Crippen LogP contribution is -2.32. The standard InChI is InChI=1S/C24H25N3O7/c1-30-15-19(16-9-5-4-6-10-16)33-22(28)14-25-23(29)17-11-7-8-12-18(17)34-24-26-20(31-2)13-21(27-24)32-3/h4-13,19H,14-15H2,1-3H3,(H,25,29)/t19-/m0/s1. The molecular formula is C24H25N3O7. The Morgan fingerprint density at radius 3 is 2.21 bits per heavy atom. The molecule has 0 unspecified atom stereocenters. The molecule has 1 N–H and O–H groups in total. The number of hydrogen-bond acceptors (Lipinski definition) is 9. The Hall–Kier alpha value is -4.18. The number of nitrogens with zero attached hydrogens (tertiary/aromatic N) is 2. The van der Waals surface area contributed by atoms with E-state index in [1.54, 1.807) is 24.3 Å². The number of carbonyl (C=O) groups excluding carboxylic acids is 2. The molecule has 1 atom stereocenters. The third kappa shape index (κ3) is 6.66. The molecule has 3 rings (SSSR count). The van der Waals surface area contributed by atoms with Gasteiger partial charge in [0.25, 0.3) is 5.91 Å². The van der Waals surface area contributed by atoms with Crippen LogP contribution in [-0.2, 0) is 14.3 Å². The van der Waals surface area contributed by atoms with E-state index in [-0.39, 0.29) is 42.2 Å². The van der Waals surface area contributed by atoms with Crippen LogP contribution >= 0.6 is 0 Å². The number of methoxy groups -OCH3 is 3. The summed E-state index contributed by atoms with van der Waals surface area (Å²) in [4.78, 5) is 33.3. The third-order valence-electron chi connectivity index (χ3n) is 4.57. The maximum atomic E-state index is 12.8. The van der Waals surface area contributed by atoms with Gasteiger partial charge in [-0.15, -0.1) is 0 Å². The van der Waals surface area contributed by atoms with E-state index in [0.29, 0.717) is 0 Å². The van der Waals surface area contributed by atoms with Crippen LogP contribution in [0, 0.1) is 0 Å². The van der Waals surface area contributed by atoms with Crippen LogP contribution in [0.3, 0.4) is 0 Å². The first-order chi connectivity index (χ1) is 16.5. The monoisotopic (exact) mass is 467 g/mol. The van der Waals surface area contributed by atoms with Crippen molar-refractivity contribution in [1.82, 2.24) is 15.3 Å². The number of benzene rings is 2. The van der Waals surface area contributed by atoms with Gasteiger partial charge >= 0.3 is 12.0 Å². The van der Waals surface area contributed by atoms with Gasteiger partial charge in [-0.2, -0.15) is 9.97 Å². The number of esters is 1. The number of aromatic nitrogens is 2. The highest BCUT2D eigenvalue weighted by atomic mass is 16.6. The number of ether oxygens (including phenoxy) is 5. The molecule has 0 aliphatic heterocycles. The normalized spacial score (nSPS) is 11.3. The first kappa shape index (κ1) is 24.5. The minimum atomic E-state index is -0.612. The molecule has 2 aromatic carbocycles. The Kier molecular flexibility index (Phi) is 8.75. The first-order valence-electron chi connectivity index (χ1n) is 10.3. The largest absolute Gasteiger partial charge is 0.481 e. The molecule has 0 aliphatic rings. The molecule has 1 aromatic heterocycles. The molecule has 0 fully saturated rings. The Morgan fingerprint density at radius 1 is 0.912 bits per heavy atom. The Morgan fingerprint density at radius 2 is 1.56 bits per heavy atom. The molecule has 0 spiro atoms. The fourth-order valence-corrected chi connectivity index (χ4v) is 2.95. The van der Waals surface area contributed by atoms with E-state index in [0.717, 1.165) is 5.56 Å². The van der Waals surface area contributed by atoms with Crippen molar-refractivity contribution in [2.75, 3.05) is 34.5 Å². The zero-order chi connectivity index (χ0) is 24.3. The van der Waals surface area contributed by atoms with Gasteiger partial charge < -0.3 is 29.0 Å².